The second kappa shape index (κ2) is 10.7. The average Bonchev–Trinajstić information content (AvgIpc) is 3.26. The maximum atomic E-state index is 12.9. The molecule has 2 aliphatic rings. The summed E-state index contributed by atoms with van der Waals surface area (Å²) in [6.45, 7) is 5.15. The Kier molecular flexibility index (Phi) is 8.01. The van der Waals surface area contributed by atoms with Crippen molar-refractivity contribution in [1.82, 2.24) is 15.5 Å². The molecular weight excluding hydrogens is 391 g/mol. The quantitative estimate of drug-likeness (QED) is 0.305. The van der Waals surface area contributed by atoms with Gasteiger partial charge in [-0.3, -0.25) is 9.89 Å². The van der Waals surface area contributed by atoms with Crippen LogP contribution in [-0.2, 0) is 6.18 Å². The number of nitrogens with zero attached hydrogens (tertiary/aromatic N) is 3. The number of alkyl halides is 3. The maximum Gasteiger partial charge on any atom is 0.416 e. The Labute approximate surface area is 177 Å². The molecule has 0 radical (unpaired) electrons. The molecular formula is C22H32F3N5. The largest absolute Gasteiger partial charge is 0.416 e. The Balaban J connectivity index is 1.31. The van der Waals surface area contributed by atoms with Crippen molar-refractivity contribution in [1.29, 1.82) is 0 Å². The molecule has 0 amide bonds. The molecule has 1 aromatic rings. The fourth-order valence-corrected chi connectivity index (χ4v) is 3.90. The zero-order valence-electron chi connectivity index (χ0n) is 17.6. The molecule has 166 valence electrons. The molecule has 1 fully saturated rings. The number of aliphatic imine (C=N–C) groups is 1. The van der Waals surface area contributed by atoms with Crippen LogP contribution in [0.3, 0.4) is 0 Å². The summed E-state index contributed by atoms with van der Waals surface area (Å²) >= 11 is 0. The summed E-state index contributed by atoms with van der Waals surface area (Å²) in [7, 11) is 1.79. The van der Waals surface area contributed by atoms with Gasteiger partial charge in [-0.15, -0.1) is 0 Å². The van der Waals surface area contributed by atoms with Crippen LogP contribution in [0.5, 0.6) is 0 Å². The van der Waals surface area contributed by atoms with Crippen LogP contribution in [-0.4, -0.2) is 63.2 Å². The first-order valence-corrected chi connectivity index (χ1v) is 10.7. The Hall–Kier alpha value is -2.22. The van der Waals surface area contributed by atoms with Crippen LogP contribution in [0.25, 0.3) is 0 Å². The van der Waals surface area contributed by atoms with Crippen LogP contribution in [0.4, 0.5) is 18.9 Å². The number of hydrogen-bond donors (Lipinski definition) is 2. The van der Waals surface area contributed by atoms with Crippen molar-refractivity contribution < 1.29 is 13.2 Å². The van der Waals surface area contributed by atoms with Crippen molar-refractivity contribution in [2.45, 2.75) is 37.9 Å². The molecule has 0 bridgehead atoms. The zero-order chi connectivity index (χ0) is 21.4. The number of halogens is 3. The Morgan fingerprint density at radius 1 is 1.10 bits per heavy atom. The number of rotatable bonds is 7. The van der Waals surface area contributed by atoms with Gasteiger partial charge in [0.1, 0.15) is 0 Å². The normalized spacial score (nSPS) is 18.8. The standard InChI is InChI=1S/C22H32F3N5/c1-26-21(28-19-8-2-3-9-19)27-11-4-5-12-29-13-15-30(16-14-29)20-10-6-7-18(17-20)22(23,24)25/h2-3,6-7,10,17,19H,4-5,8-9,11-16H2,1H3,(H2,26,27,28). The van der Waals surface area contributed by atoms with Gasteiger partial charge < -0.3 is 15.5 Å². The van der Waals surface area contributed by atoms with E-state index in [2.05, 4.69) is 32.7 Å². The molecule has 0 unspecified atom stereocenters. The van der Waals surface area contributed by atoms with Gasteiger partial charge in [0.2, 0.25) is 0 Å². The highest BCUT2D eigenvalue weighted by Gasteiger charge is 2.31. The van der Waals surface area contributed by atoms with E-state index in [1.165, 1.54) is 12.1 Å². The van der Waals surface area contributed by atoms with Gasteiger partial charge in [-0.05, 0) is 50.4 Å². The smallest absolute Gasteiger partial charge is 0.369 e. The third-order valence-corrected chi connectivity index (χ3v) is 5.68. The van der Waals surface area contributed by atoms with Gasteiger partial charge in [-0.1, -0.05) is 18.2 Å². The summed E-state index contributed by atoms with van der Waals surface area (Å²) in [4.78, 5) is 8.71. The van der Waals surface area contributed by atoms with E-state index in [1.54, 1.807) is 13.1 Å². The molecule has 1 heterocycles. The summed E-state index contributed by atoms with van der Waals surface area (Å²) in [5, 5.41) is 6.80. The fraction of sp³-hybridized carbons (Fsp3) is 0.591. The number of benzene rings is 1. The minimum absolute atomic E-state index is 0.448. The third kappa shape index (κ3) is 6.65. The van der Waals surface area contributed by atoms with E-state index < -0.39 is 11.7 Å². The summed E-state index contributed by atoms with van der Waals surface area (Å²) in [6, 6.07) is 6.08. The monoisotopic (exact) mass is 423 g/mol. The number of guanidine groups is 1. The Morgan fingerprint density at radius 3 is 2.50 bits per heavy atom. The third-order valence-electron chi connectivity index (χ3n) is 5.68. The summed E-state index contributed by atoms with van der Waals surface area (Å²) in [5.41, 5.74) is 0.0774. The first kappa shape index (κ1) is 22.5. The van der Waals surface area contributed by atoms with E-state index in [0.29, 0.717) is 11.7 Å². The molecule has 0 aromatic heterocycles. The van der Waals surface area contributed by atoms with Gasteiger partial charge in [0.25, 0.3) is 0 Å². The van der Waals surface area contributed by atoms with Crippen LogP contribution in [0.2, 0.25) is 0 Å². The maximum absolute atomic E-state index is 12.9. The van der Waals surface area contributed by atoms with Gasteiger partial charge in [0.15, 0.2) is 5.96 Å². The summed E-state index contributed by atoms with van der Waals surface area (Å²) in [6.07, 6.45) is 4.32. The second-order valence-electron chi connectivity index (χ2n) is 7.87. The highest BCUT2D eigenvalue weighted by molar-refractivity contribution is 5.80. The molecule has 3 rings (SSSR count). The lowest BCUT2D eigenvalue weighted by Crippen LogP contribution is -2.46. The molecule has 1 aliphatic carbocycles. The number of piperazine rings is 1. The number of hydrogen-bond acceptors (Lipinski definition) is 3. The van der Waals surface area contributed by atoms with Crippen LogP contribution in [0, 0.1) is 0 Å². The molecule has 0 atom stereocenters. The molecule has 0 spiro atoms. The minimum atomic E-state index is -4.29. The average molecular weight is 424 g/mol. The second-order valence-corrected chi connectivity index (χ2v) is 7.87. The molecule has 0 saturated carbocycles. The van der Waals surface area contributed by atoms with Crippen LogP contribution >= 0.6 is 0 Å². The summed E-state index contributed by atoms with van der Waals surface area (Å²) < 4.78 is 38.8. The Bertz CT molecular complexity index is 716. The van der Waals surface area contributed by atoms with Crippen molar-refractivity contribution in [3.8, 4) is 0 Å². The lowest BCUT2D eigenvalue weighted by Gasteiger charge is -2.36. The van der Waals surface area contributed by atoms with E-state index in [1.807, 2.05) is 4.90 Å². The van der Waals surface area contributed by atoms with E-state index in [4.69, 9.17) is 0 Å². The van der Waals surface area contributed by atoms with E-state index >= 15 is 0 Å². The van der Waals surface area contributed by atoms with Crippen molar-refractivity contribution in [3.63, 3.8) is 0 Å². The number of nitrogens with one attached hydrogen (secondary N) is 2. The molecule has 1 saturated heterocycles. The molecule has 5 nitrogen and oxygen atoms in total. The van der Waals surface area contributed by atoms with Crippen molar-refractivity contribution in [2.24, 2.45) is 4.99 Å². The van der Waals surface area contributed by atoms with Crippen molar-refractivity contribution >= 4 is 11.6 Å². The lowest BCUT2D eigenvalue weighted by molar-refractivity contribution is -0.137. The molecule has 1 aromatic carbocycles. The van der Waals surface area contributed by atoms with E-state index in [-0.39, 0.29) is 0 Å². The first-order valence-electron chi connectivity index (χ1n) is 10.7. The van der Waals surface area contributed by atoms with Crippen molar-refractivity contribution in [3.05, 3.63) is 42.0 Å². The molecule has 8 heteroatoms. The molecule has 30 heavy (non-hydrogen) atoms. The topological polar surface area (TPSA) is 42.9 Å². The van der Waals surface area contributed by atoms with Gasteiger partial charge in [-0.2, -0.15) is 13.2 Å². The SMILES string of the molecule is CN=C(NCCCCN1CCN(c2cccc(C(F)(F)F)c2)CC1)NC1CC=CC1. The van der Waals surface area contributed by atoms with Crippen LogP contribution in [0.1, 0.15) is 31.2 Å². The fourth-order valence-electron chi connectivity index (χ4n) is 3.90. The van der Waals surface area contributed by atoms with Crippen LogP contribution in [0.15, 0.2) is 41.4 Å². The first-order chi connectivity index (χ1) is 14.5. The predicted molar refractivity (Wildman–Crippen MR) is 116 cm³/mol. The number of anilines is 1. The molecule has 2 N–H and O–H groups in total. The predicted octanol–water partition coefficient (Wildman–Crippen LogP) is 3.49. The highest BCUT2D eigenvalue weighted by Crippen LogP contribution is 2.31. The van der Waals surface area contributed by atoms with Gasteiger partial charge in [-0.25, -0.2) is 0 Å². The zero-order valence-corrected chi connectivity index (χ0v) is 17.6. The highest BCUT2D eigenvalue weighted by atomic mass is 19.4. The van der Waals surface area contributed by atoms with Gasteiger partial charge in [0, 0.05) is 51.5 Å². The van der Waals surface area contributed by atoms with Gasteiger partial charge in [0.05, 0.1) is 5.56 Å². The van der Waals surface area contributed by atoms with Crippen LogP contribution < -0.4 is 15.5 Å². The number of unbranched alkanes of at least 4 members (excludes halogenated alkanes) is 1. The van der Waals surface area contributed by atoms with E-state index in [9.17, 15) is 13.2 Å². The van der Waals surface area contributed by atoms with E-state index in [0.717, 1.165) is 77.0 Å². The lowest BCUT2D eigenvalue weighted by atomic mass is 10.1. The summed E-state index contributed by atoms with van der Waals surface area (Å²) in [5.74, 6) is 0.860. The van der Waals surface area contributed by atoms with Gasteiger partial charge >= 0.3 is 6.18 Å². The molecule has 1 aliphatic heterocycles. The minimum Gasteiger partial charge on any atom is -0.369 e. The van der Waals surface area contributed by atoms with Crippen molar-refractivity contribution in [2.75, 3.05) is 51.2 Å². The Morgan fingerprint density at radius 2 is 1.83 bits per heavy atom.